The summed E-state index contributed by atoms with van der Waals surface area (Å²) in [5, 5.41) is 0. The molecule has 1 rings (SSSR count). The molecule has 0 heterocycles. The maximum Gasteiger partial charge on any atom is 1.00 e. The molecule has 0 aromatic heterocycles. The molecule has 0 aliphatic heterocycles. The van der Waals surface area contributed by atoms with Crippen molar-refractivity contribution in [2.45, 2.75) is 13.1 Å². The van der Waals surface area contributed by atoms with Gasteiger partial charge in [0.1, 0.15) is 5.82 Å². The predicted molar refractivity (Wildman–Crippen MR) is 44.9 cm³/mol. The van der Waals surface area contributed by atoms with Gasteiger partial charge in [0.25, 0.3) is 0 Å². The molecule has 1 aromatic carbocycles. The molecule has 90 valence electrons. The molecule has 0 nitrogen and oxygen atoms in total. The number of halogens is 7. The Morgan fingerprint density at radius 2 is 1.53 bits per heavy atom. The minimum absolute atomic E-state index is 0. The van der Waals surface area contributed by atoms with E-state index in [9.17, 15) is 30.5 Å². The van der Waals surface area contributed by atoms with Gasteiger partial charge in [-0.3, -0.25) is 0 Å². The van der Waals surface area contributed by atoms with Crippen LogP contribution in [-0.2, 0) is 6.18 Å². The van der Waals surface area contributed by atoms with Gasteiger partial charge in [0.2, 0.25) is 0 Å². The van der Waals surface area contributed by atoms with Crippen molar-refractivity contribution in [1.82, 2.24) is 0 Å². The summed E-state index contributed by atoms with van der Waals surface area (Å²) in [6.07, 6.45) is -4.99. The fraction of sp³-hybridized carbons (Fsp3) is 0.250. The maximum atomic E-state index is 13.1. The number of hydrogen-bond acceptors (Lipinski definition) is 0. The zero-order valence-corrected chi connectivity index (χ0v) is 12.0. The fourth-order valence-corrected chi connectivity index (χ4v) is 1.27. The van der Waals surface area contributed by atoms with Gasteiger partial charge >= 0.3 is 64.5 Å². The zero-order valence-electron chi connectivity index (χ0n) is 8.88. The van der Waals surface area contributed by atoms with Crippen LogP contribution in [0.15, 0.2) is 12.1 Å². The van der Waals surface area contributed by atoms with E-state index >= 15 is 0 Å². The molecule has 9 heteroatoms. The average molecular weight is 284 g/mol. The summed E-state index contributed by atoms with van der Waals surface area (Å²) in [5.74, 6) is -1.87. The second-order valence-electron chi connectivity index (χ2n) is 3.21. The van der Waals surface area contributed by atoms with E-state index in [1.165, 1.54) is 0 Å². The first-order chi connectivity index (χ1) is 7.05. The summed E-state index contributed by atoms with van der Waals surface area (Å²) in [6.45, 7) is -4.83. The molecule has 0 spiro atoms. The van der Waals surface area contributed by atoms with Crippen LogP contribution in [0.3, 0.4) is 0 Å². The van der Waals surface area contributed by atoms with Crippen molar-refractivity contribution >= 4 is 12.4 Å². The van der Waals surface area contributed by atoms with Crippen molar-refractivity contribution in [1.29, 1.82) is 0 Å². The first-order valence-corrected chi connectivity index (χ1v) is 4.11. The van der Waals surface area contributed by atoms with Crippen molar-refractivity contribution in [3.63, 3.8) is 0 Å². The molecule has 0 unspecified atom stereocenters. The Kier molecular flexibility index (Phi) is 5.74. The van der Waals surface area contributed by atoms with Gasteiger partial charge in [0.05, 0.1) is 5.56 Å². The van der Waals surface area contributed by atoms with Crippen LogP contribution in [0.2, 0.25) is 0 Å². The van der Waals surface area contributed by atoms with Gasteiger partial charge in [0.15, 0.2) is 0 Å². The summed E-state index contributed by atoms with van der Waals surface area (Å²) >= 11 is 0. The van der Waals surface area contributed by atoms with E-state index in [4.69, 9.17) is 0 Å². The second kappa shape index (κ2) is 5.60. The minimum atomic E-state index is -5.51. The maximum absolute atomic E-state index is 13.1. The Bertz CT molecular complexity index is 371. The molecular formula is C8H5BF7K. The molecule has 1 aromatic rings. The third-order valence-corrected chi connectivity index (χ3v) is 2.09. The minimum Gasteiger partial charge on any atom is -0.445 e. The summed E-state index contributed by atoms with van der Waals surface area (Å²) in [7, 11) is 0. The van der Waals surface area contributed by atoms with E-state index in [-0.39, 0.29) is 63.5 Å². The largest absolute Gasteiger partial charge is 1.00 e. The van der Waals surface area contributed by atoms with Crippen LogP contribution in [0.5, 0.6) is 0 Å². The summed E-state index contributed by atoms with van der Waals surface area (Å²) in [4.78, 5) is 0. The van der Waals surface area contributed by atoms with Crippen LogP contribution >= 0.6 is 0 Å². The Balaban J connectivity index is 0.00000256. The predicted octanol–water partition coefficient (Wildman–Crippen LogP) is 0.211. The van der Waals surface area contributed by atoms with Crippen LogP contribution in [0.25, 0.3) is 0 Å². The molecule has 0 saturated heterocycles. The molecule has 0 fully saturated rings. The molecule has 0 N–H and O–H groups in total. The first kappa shape index (κ1) is 17.4. The van der Waals surface area contributed by atoms with Gasteiger partial charge in [0, 0.05) is 0 Å². The Labute approximate surface area is 135 Å². The van der Waals surface area contributed by atoms with Crippen LogP contribution in [-0.4, -0.2) is 6.98 Å². The van der Waals surface area contributed by atoms with E-state index in [2.05, 4.69) is 0 Å². The normalized spacial score (nSPS) is 12.2. The summed E-state index contributed by atoms with van der Waals surface area (Å²) < 4.78 is 86.3. The third-order valence-electron chi connectivity index (χ3n) is 2.09. The van der Waals surface area contributed by atoms with E-state index in [1.54, 1.807) is 0 Å². The molecule has 17 heavy (non-hydrogen) atoms. The van der Waals surface area contributed by atoms with Crippen LogP contribution < -0.4 is 56.8 Å². The summed E-state index contributed by atoms with van der Waals surface area (Å²) in [6, 6.07) is 0.355. The molecule has 0 atom stereocenters. The quantitative estimate of drug-likeness (QED) is 0.511. The molecular weight excluding hydrogens is 279 g/mol. The first-order valence-electron chi connectivity index (χ1n) is 4.11. The van der Waals surface area contributed by atoms with Crippen molar-refractivity contribution in [2.24, 2.45) is 0 Å². The van der Waals surface area contributed by atoms with Crippen molar-refractivity contribution in [2.75, 3.05) is 0 Å². The fourth-order valence-electron chi connectivity index (χ4n) is 1.27. The number of hydrogen-bond donors (Lipinski definition) is 0. The number of alkyl halides is 3. The standard InChI is InChI=1S/C8H5BF7.K/c1-4-6(9(14,15)16)3-2-5(7(4)10)8(11,12)13;/h2-3H,1H3;/q-1;+1. The summed E-state index contributed by atoms with van der Waals surface area (Å²) in [5.41, 5.74) is -4.05. The molecule has 0 bridgehead atoms. The molecule has 0 amide bonds. The van der Waals surface area contributed by atoms with E-state index in [0.29, 0.717) is 6.92 Å². The van der Waals surface area contributed by atoms with Crippen LogP contribution in [0.4, 0.5) is 30.5 Å². The Hall–Kier alpha value is 0.431. The van der Waals surface area contributed by atoms with E-state index in [0.717, 1.165) is 0 Å². The van der Waals surface area contributed by atoms with Crippen molar-refractivity contribution in [3.05, 3.63) is 29.1 Å². The van der Waals surface area contributed by atoms with Crippen molar-refractivity contribution < 1.29 is 81.9 Å². The second-order valence-corrected chi connectivity index (χ2v) is 3.21. The number of benzene rings is 1. The van der Waals surface area contributed by atoms with E-state index in [1.807, 2.05) is 0 Å². The van der Waals surface area contributed by atoms with Gasteiger partial charge in [-0.05, 0) is 18.6 Å². The third kappa shape index (κ3) is 3.95. The van der Waals surface area contributed by atoms with Gasteiger partial charge in [-0.1, -0.05) is 6.07 Å². The van der Waals surface area contributed by atoms with E-state index < -0.39 is 35.6 Å². The monoisotopic (exact) mass is 284 g/mol. The molecule has 0 aliphatic rings. The SMILES string of the molecule is Cc1c([B-](F)(F)F)ccc(C(F)(F)F)c1F.[K+]. The van der Waals surface area contributed by atoms with Gasteiger partial charge in [-0.15, -0.1) is 5.46 Å². The average Bonchev–Trinajstić information content (AvgIpc) is 2.05. The Morgan fingerprint density at radius 1 is 1.06 bits per heavy atom. The topological polar surface area (TPSA) is 0 Å². The Morgan fingerprint density at radius 3 is 1.88 bits per heavy atom. The van der Waals surface area contributed by atoms with Crippen LogP contribution in [0.1, 0.15) is 11.1 Å². The van der Waals surface area contributed by atoms with Crippen LogP contribution in [0, 0.1) is 12.7 Å². The smallest absolute Gasteiger partial charge is 0.445 e. The van der Waals surface area contributed by atoms with Gasteiger partial charge < -0.3 is 12.9 Å². The van der Waals surface area contributed by atoms with Crippen molar-refractivity contribution in [3.8, 4) is 0 Å². The molecule has 0 aliphatic carbocycles. The molecule has 0 saturated carbocycles. The number of rotatable bonds is 1. The molecule has 0 radical (unpaired) electrons. The zero-order chi connectivity index (χ0) is 12.7. The van der Waals surface area contributed by atoms with Gasteiger partial charge in [-0.25, -0.2) is 4.39 Å². The van der Waals surface area contributed by atoms with Gasteiger partial charge in [-0.2, -0.15) is 13.2 Å².